The first-order chi connectivity index (χ1) is 7.31. The Balaban J connectivity index is 2.39. The van der Waals surface area contributed by atoms with Gasteiger partial charge in [0.1, 0.15) is 11.8 Å². The SMILES string of the molecule is COC(=O)C=Cc1ncnc2nc[nH]c12. The lowest BCUT2D eigenvalue weighted by Gasteiger charge is -1.93. The Morgan fingerprint density at radius 2 is 2.33 bits per heavy atom. The minimum absolute atomic E-state index is 0.429. The van der Waals surface area contributed by atoms with Gasteiger partial charge in [-0.05, 0) is 6.08 Å². The Morgan fingerprint density at radius 1 is 1.47 bits per heavy atom. The van der Waals surface area contributed by atoms with Crippen molar-refractivity contribution in [2.24, 2.45) is 0 Å². The van der Waals surface area contributed by atoms with Crippen LogP contribution in [0.4, 0.5) is 0 Å². The number of hydrogen-bond acceptors (Lipinski definition) is 5. The number of carbonyl (C=O) groups excluding carboxylic acids is 1. The van der Waals surface area contributed by atoms with Gasteiger partial charge in [-0.2, -0.15) is 0 Å². The van der Waals surface area contributed by atoms with Gasteiger partial charge in [-0.3, -0.25) is 0 Å². The number of esters is 1. The summed E-state index contributed by atoms with van der Waals surface area (Å²) in [6, 6.07) is 0. The van der Waals surface area contributed by atoms with Gasteiger partial charge in [-0.25, -0.2) is 19.7 Å². The van der Waals surface area contributed by atoms with Crippen molar-refractivity contribution in [3.63, 3.8) is 0 Å². The van der Waals surface area contributed by atoms with Crippen LogP contribution >= 0.6 is 0 Å². The largest absolute Gasteiger partial charge is 0.466 e. The van der Waals surface area contributed by atoms with Crippen molar-refractivity contribution in [3.8, 4) is 0 Å². The number of aromatic nitrogens is 4. The van der Waals surface area contributed by atoms with Crippen LogP contribution in [-0.2, 0) is 9.53 Å². The predicted octanol–water partition coefficient (Wildman–Crippen LogP) is 0.539. The second-order valence-corrected chi connectivity index (χ2v) is 2.72. The molecule has 2 aromatic heterocycles. The number of fused-ring (bicyclic) bond motifs is 1. The highest BCUT2D eigenvalue weighted by Crippen LogP contribution is 2.10. The van der Waals surface area contributed by atoms with Crippen molar-refractivity contribution in [1.82, 2.24) is 19.9 Å². The van der Waals surface area contributed by atoms with Crippen molar-refractivity contribution in [2.45, 2.75) is 0 Å². The molecule has 2 aromatic rings. The Bertz CT molecular complexity index is 518. The second-order valence-electron chi connectivity index (χ2n) is 2.72. The first kappa shape index (κ1) is 9.32. The molecule has 15 heavy (non-hydrogen) atoms. The molecule has 0 aromatic carbocycles. The molecule has 0 unspecified atom stereocenters. The predicted molar refractivity (Wildman–Crippen MR) is 52.7 cm³/mol. The number of rotatable bonds is 2. The zero-order valence-electron chi connectivity index (χ0n) is 7.97. The van der Waals surface area contributed by atoms with Crippen molar-refractivity contribution in [2.75, 3.05) is 7.11 Å². The third-order valence-electron chi connectivity index (χ3n) is 1.83. The molecule has 2 rings (SSSR count). The third kappa shape index (κ3) is 1.83. The van der Waals surface area contributed by atoms with Crippen LogP contribution in [0.15, 0.2) is 18.7 Å². The van der Waals surface area contributed by atoms with E-state index >= 15 is 0 Å². The molecule has 0 aliphatic carbocycles. The monoisotopic (exact) mass is 204 g/mol. The normalized spacial score (nSPS) is 11.0. The highest BCUT2D eigenvalue weighted by molar-refractivity contribution is 5.89. The Morgan fingerprint density at radius 3 is 3.13 bits per heavy atom. The maximum atomic E-state index is 10.9. The fourth-order valence-corrected chi connectivity index (χ4v) is 1.13. The molecule has 0 fully saturated rings. The van der Waals surface area contributed by atoms with E-state index in [0.29, 0.717) is 16.9 Å². The number of carbonyl (C=O) groups is 1. The summed E-state index contributed by atoms with van der Waals surface area (Å²) in [5.41, 5.74) is 1.86. The van der Waals surface area contributed by atoms with Crippen LogP contribution in [0.3, 0.4) is 0 Å². The van der Waals surface area contributed by atoms with Crippen LogP contribution in [-0.4, -0.2) is 33.0 Å². The van der Waals surface area contributed by atoms with Gasteiger partial charge in [0.25, 0.3) is 0 Å². The van der Waals surface area contributed by atoms with Crippen molar-refractivity contribution in [3.05, 3.63) is 24.4 Å². The summed E-state index contributed by atoms with van der Waals surface area (Å²) in [7, 11) is 1.32. The lowest BCUT2D eigenvalue weighted by molar-refractivity contribution is -0.134. The smallest absolute Gasteiger partial charge is 0.330 e. The van der Waals surface area contributed by atoms with Gasteiger partial charge in [-0.1, -0.05) is 0 Å². The number of methoxy groups -OCH3 is 1. The van der Waals surface area contributed by atoms with Crippen molar-refractivity contribution >= 4 is 23.2 Å². The van der Waals surface area contributed by atoms with Gasteiger partial charge in [0.15, 0.2) is 5.65 Å². The molecule has 76 valence electrons. The zero-order chi connectivity index (χ0) is 10.7. The van der Waals surface area contributed by atoms with E-state index in [9.17, 15) is 4.79 Å². The maximum Gasteiger partial charge on any atom is 0.330 e. The van der Waals surface area contributed by atoms with E-state index in [4.69, 9.17) is 0 Å². The summed E-state index contributed by atoms with van der Waals surface area (Å²) in [5, 5.41) is 0. The first-order valence-electron chi connectivity index (χ1n) is 4.21. The van der Waals surface area contributed by atoms with Crippen LogP contribution < -0.4 is 0 Å². The van der Waals surface area contributed by atoms with Crippen LogP contribution in [0.25, 0.3) is 17.2 Å². The summed E-state index contributed by atoms with van der Waals surface area (Å²) in [6.07, 6.45) is 5.76. The average Bonchev–Trinajstić information content (AvgIpc) is 2.74. The molecular formula is C9H8N4O2. The van der Waals surface area contributed by atoms with Gasteiger partial charge >= 0.3 is 5.97 Å². The molecule has 0 aliphatic heterocycles. The molecule has 0 aliphatic rings. The van der Waals surface area contributed by atoms with Crippen LogP contribution in [0.1, 0.15) is 5.69 Å². The molecule has 0 saturated heterocycles. The molecule has 1 N–H and O–H groups in total. The van der Waals surface area contributed by atoms with Crippen LogP contribution in [0, 0.1) is 0 Å². The Hall–Kier alpha value is -2.24. The van der Waals surface area contributed by atoms with Gasteiger partial charge < -0.3 is 9.72 Å². The number of nitrogens with zero attached hydrogens (tertiary/aromatic N) is 3. The topological polar surface area (TPSA) is 80.8 Å². The fraction of sp³-hybridized carbons (Fsp3) is 0.111. The molecule has 2 heterocycles. The minimum Gasteiger partial charge on any atom is -0.466 e. The number of imidazole rings is 1. The summed E-state index contributed by atoms with van der Waals surface area (Å²) >= 11 is 0. The van der Waals surface area contributed by atoms with Crippen molar-refractivity contribution < 1.29 is 9.53 Å². The van der Waals surface area contributed by atoms with E-state index in [2.05, 4.69) is 24.7 Å². The van der Waals surface area contributed by atoms with Gasteiger partial charge in [0, 0.05) is 6.08 Å². The van der Waals surface area contributed by atoms with Crippen LogP contribution in [0.5, 0.6) is 0 Å². The molecule has 0 saturated carbocycles. The fourth-order valence-electron chi connectivity index (χ4n) is 1.13. The quantitative estimate of drug-likeness (QED) is 0.570. The molecule has 0 radical (unpaired) electrons. The minimum atomic E-state index is -0.429. The van der Waals surface area contributed by atoms with E-state index in [1.54, 1.807) is 6.08 Å². The summed E-state index contributed by atoms with van der Waals surface area (Å²) in [4.78, 5) is 25.7. The third-order valence-corrected chi connectivity index (χ3v) is 1.83. The zero-order valence-corrected chi connectivity index (χ0v) is 7.97. The molecule has 0 bridgehead atoms. The van der Waals surface area contributed by atoms with Gasteiger partial charge in [-0.15, -0.1) is 0 Å². The second kappa shape index (κ2) is 3.87. The lowest BCUT2D eigenvalue weighted by atomic mass is 10.3. The van der Waals surface area contributed by atoms with Crippen LogP contribution in [0.2, 0.25) is 0 Å². The van der Waals surface area contributed by atoms with E-state index in [1.807, 2.05) is 0 Å². The van der Waals surface area contributed by atoms with E-state index in [1.165, 1.54) is 25.8 Å². The lowest BCUT2D eigenvalue weighted by Crippen LogP contribution is -1.94. The Kier molecular flexibility index (Phi) is 2.40. The summed E-state index contributed by atoms with van der Waals surface area (Å²) in [6.45, 7) is 0. The molecular weight excluding hydrogens is 196 g/mol. The molecule has 6 nitrogen and oxygen atoms in total. The standard InChI is InChI=1S/C9H8N4O2/c1-15-7(14)3-2-6-8-9(12-4-10-6)13-5-11-8/h2-5H,1H3,(H,10,11,12,13). The van der Waals surface area contributed by atoms with Gasteiger partial charge in [0.05, 0.1) is 19.1 Å². The first-order valence-corrected chi connectivity index (χ1v) is 4.21. The number of ether oxygens (including phenoxy) is 1. The molecule has 0 atom stereocenters. The maximum absolute atomic E-state index is 10.9. The molecule has 6 heteroatoms. The van der Waals surface area contributed by atoms with Crippen molar-refractivity contribution in [1.29, 1.82) is 0 Å². The van der Waals surface area contributed by atoms with E-state index < -0.39 is 5.97 Å². The summed E-state index contributed by atoms with van der Waals surface area (Å²) < 4.78 is 4.47. The number of nitrogens with one attached hydrogen (secondary N) is 1. The van der Waals surface area contributed by atoms with Gasteiger partial charge in [0.2, 0.25) is 0 Å². The number of aromatic amines is 1. The van der Waals surface area contributed by atoms with E-state index in [-0.39, 0.29) is 0 Å². The number of H-pyrrole nitrogens is 1. The Labute approximate surface area is 85.0 Å². The van der Waals surface area contributed by atoms with E-state index in [0.717, 1.165) is 0 Å². The average molecular weight is 204 g/mol. The highest BCUT2D eigenvalue weighted by atomic mass is 16.5. The number of hydrogen-bond donors (Lipinski definition) is 1. The molecule has 0 spiro atoms. The molecule has 0 amide bonds. The highest BCUT2D eigenvalue weighted by Gasteiger charge is 2.02. The summed E-state index contributed by atoms with van der Waals surface area (Å²) in [5.74, 6) is -0.429.